The Morgan fingerprint density at radius 3 is 2.72 bits per heavy atom. The molecule has 2 amide bonds. The molecule has 2 rings (SSSR count). The molecule has 6 heteroatoms. The molecule has 0 bridgehead atoms. The molecule has 0 spiro atoms. The van der Waals surface area contributed by atoms with Gasteiger partial charge in [-0.25, -0.2) is 0 Å². The van der Waals surface area contributed by atoms with Gasteiger partial charge >= 0.3 is 0 Å². The molecule has 5 nitrogen and oxygen atoms in total. The van der Waals surface area contributed by atoms with Crippen molar-refractivity contribution in [2.45, 2.75) is 12.6 Å². The molecule has 1 aliphatic rings. The van der Waals surface area contributed by atoms with Gasteiger partial charge in [0.2, 0.25) is 11.8 Å². The minimum absolute atomic E-state index is 0.0863. The highest BCUT2D eigenvalue weighted by atomic mass is 35.5. The fourth-order valence-corrected chi connectivity index (χ4v) is 1.79. The fourth-order valence-electron chi connectivity index (χ4n) is 1.67. The Balaban J connectivity index is 1.81. The highest BCUT2D eigenvalue weighted by molar-refractivity contribution is 6.30. The molecular weight excluding hydrogens is 254 g/mol. The lowest BCUT2D eigenvalue weighted by Gasteiger charge is -2.23. The molecule has 1 aromatic rings. The van der Waals surface area contributed by atoms with E-state index in [1.807, 2.05) is 12.1 Å². The van der Waals surface area contributed by atoms with Crippen molar-refractivity contribution in [3.05, 3.63) is 34.9 Å². The molecular formula is C12H14ClN3O2. The van der Waals surface area contributed by atoms with Crippen LogP contribution in [0.3, 0.4) is 0 Å². The van der Waals surface area contributed by atoms with E-state index in [4.69, 9.17) is 11.6 Å². The van der Waals surface area contributed by atoms with Crippen LogP contribution in [0.15, 0.2) is 24.3 Å². The van der Waals surface area contributed by atoms with Crippen LogP contribution in [0.1, 0.15) is 5.56 Å². The first-order chi connectivity index (χ1) is 8.65. The third-order valence-electron chi connectivity index (χ3n) is 2.71. The van der Waals surface area contributed by atoms with E-state index >= 15 is 0 Å². The van der Waals surface area contributed by atoms with E-state index < -0.39 is 0 Å². The number of carbonyl (C=O) groups excluding carboxylic acids is 2. The molecule has 1 saturated heterocycles. The van der Waals surface area contributed by atoms with Gasteiger partial charge in [0, 0.05) is 18.1 Å². The normalized spacial score (nSPS) is 19.2. The first kappa shape index (κ1) is 12.9. The summed E-state index contributed by atoms with van der Waals surface area (Å²) in [7, 11) is 0. The van der Waals surface area contributed by atoms with Crippen molar-refractivity contribution in [3.63, 3.8) is 0 Å². The van der Waals surface area contributed by atoms with Crippen molar-refractivity contribution in [1.29, 1.82) is 0 Å². The second-order valence-corrected chi connectivity index (χ2v) is 4.52. The predicted molar refractivity (Wildman–Crippen MR) is 68.1 cm³/mol. The number of hydrogen-bond acceptors (Lipinski definition) is 3. The van der Waals surface area contributed by atoms with Gasteiger partial charge in [0.25, 0.3) is 0 Å². The number of benzene rings is 1. The van der Waals surface area contributed by atoms with Gasteiger partial charge in [-0.05, 0) is 17.7 Å². The maximum atomic E-state index is 11.8. The van der Waals surface area contributed by atoms with E-state index in [1.165, 1.54) is 0 Å². The Hall–Kier alpha value is -1.59. The zero-order chi connectivity index (χ0) is 13.0. The second kappa shape index (κ2) is 5.84. The summed E-state index contributed by atoms with van der Waals surface area (Å²) in [5.41, 5.74) is 0.979. The molecule has 0 aromatic heterocycles. The molecule has 1 heterocycles. The van der Waals surface area contributed by atoms with E-state index in [2.05, 4.69) is 16.0 Å². The van der Waals surface area contributed by atoms with Gasteiger partial charge < -0.3 is 10.6 Å². The third kappa shape index (κ3) is 3.45. The van der Waals surface area contributed by atoms with Crippen LogP contribution < -0.4 is 16.0 Å². The van der Waals surface area contributed by atoms with Crippen LogP contribution in [0.4, 0.5) is 0 Å². The first-order valence-corrected chi connectivity index (χ1v) is 6.05. The molecule has 0 saturated carbocycles. The lowest BCUT2D eigenvalue weighted by molar-refractivity contribution is -0.126. The lowest BCUT2D eigenvalue weighted by atomic mass is 10.2. The quantitative estimate of drug-likeness (QED) is 0.725. The van der Waals surface area contributed by atoms with Gasteiger partial charge in [0.15, 0.2) is 0 Å². The van der Waals surface area contributed by atoms with E-state index in [0.717, 1.165) is 5.56 Å². The predicted octanol–water partition coefficient (Wildman–Crippen LogP) is 0.0442. The van der Waals surface area contributed by atoms with Crippen LogP contribution in [0.2, 0.25) is 5.02 Å². The summed E-state index contributed by atoms with van der Waals surface area (Å²) >= 11 is 5.77. The van der Waals surface area contributed by atoms with E-state index in [0.29, 0.717) is 18.1 Å². The molecule has 1 aliphatic heterocycles. The van der Waals surface area contributed by atoms with Crippen molar-refractivity contribution in [2.75, 3.05) is 13.1 Å². The molecule has 0 aliphatic carbocycles. The molecule has 1 aromatic carbocycles. The van der Waals surface area contributed by atoms with Crippen molar-refractivity contribution >= 4 is 23.4 Å². The van der Waals surface area contributed by atoms with Crippen molar-refractivity contribution in [2.24, 2.45) is 0 Å². The van der Waals surface area contributed by atoms with Gasteiger partial charge in [-0.2, -0.15) is 0 Å². The molecule has 18 heavy (non-hydrogen) atoms. The van der Waals surface area contributed by atoms with E-state index in [9.17, 15) is 9.59 Å². The summed E-state index contributed by atoms with van der Waals surface area (Å²) in [5, 5.41) is 8.98. The average Bonchev–Trinajstić information content (AvgIpc) is 2.38. The van der Waals surface area contributed by atoms with E-state index in [-0.39, 0.29) is 24.4 Å². The molecule has 96 valence electrons. The van der Waals surface area contributed by atoms with Crippen LogP contribution >= 0.6 is 11.6 Å². The molecule has 3 N–H and O–H groups in total. The van der Waals surface area contributed by atoms with Crippen LogP contribution in [0.25, 0.3) is 0 Å². The number of nitrogens with one attached hydrogen (secondary N) is 3. The van der Waals surface area contributed by atoms with E-state index in [1.54, 1.807) is 12.1 Å². The Bertz CT molecular complexity index is 437. The molecule has 1 fully saturated rings. The monoisotopic (exact) mass is 267 g/mol. The SMILES string of the molecule is O=C1CNC(C(=O)NCc2ccc(Cl)cc2)CN1. The van der Waals surface area contributed by atoms with Gasteiger partial charge in [0.1, 0.15) is 6.04 Å². The highest BCUT2D eigenvalue weighted by Gasteiger charge is 2.23. The molecule has 1 unspecified atom stereocenters. The van der Waals surface area contributed by atoms with Gasteiger partial charge in [-0.3, -0.25) is 14.9 Å². The summed E-state index contributed by atoms with van der Waals surface area (Å²) in [6.07, 6.45) is 0. The third-order valence-corrected chi connectivity index (χ3v) is 2.96. The van der Waals surface area contributed by atoms with Gasteiger partial charge in [0.05, 0.1) is 6.54 Å². The second-order valence-electron chi connectivity index (χ2n) is 4.08. The topological polar surface area (TPSA) is 70.2 Å². The Labute approximate surface area is 110 Å². The Morgan fingerprint density at radius 2 is 2.11 bits per heavy atom. The number of hydrogen-bond donors (Lipinski definition) is 3. The minimum Gasteiger partial charge on any atom is -0.353 e. The van der Waals surface area contributed by atoms with Gasteiger partial charge in [-0.15, -0.1) is 0 Å². The van der Waals surface area contributed by atoms with Crippen LogP contribution in [0, 0.1) is 0 Å². The standard InChI is InChI=1S/C12H14ClN3O2/c13-9-3-1-8(2-4-9)5-16-12(18)10-6-15-11(17)7-14-10/h1-4,10,14H,5-7H2,(H,15,17)(H,16,18). The van der Waals surface area contributed by atoms with Crippen LogP contribution in [-0.4, -0.2) is 30.9 Å². The van der Waals surface area contributed by atoms with Crippen molar-refractivity contribution in [3.8, 4) is 0 Å². The number of rotatable bonds is 3. The number of carbonyl (C=O) groups is 2. The number of piperazine rings is 1. The number of halogens is 1. The Kier molecular flexibility index (Phi) is 4.17. The zero-order valence-corrected chi connectivity index (χ0v) is 10.5. The zero-order valence-electron chi connectivity index (χ0n) is 9.70. The summed E-state index contributed by atoms with van der Waals surface area (Å²) in [6, 6.07) is 6.91. The molecule has 0 radical (unpaired) electrons. The van der Waals surface area contributed by atoms with Crippen molar-refractivity contribution < 1.29 is 9.59 Å². The van der Waals surface area contributed by atoms with Crippen LogP contribution in [0.5, 0.6) is 0 Å². The Morgan fingerprint density at radius 1 is 1.39 bits per heavy atom. The van der Waals surface area contributed by atoms with Crippen molar-refractivity contribution in [1.82, 2.24) is 16.0 Å². The summed E-state index contributed by atoms with van der Waals surface area (Å²) in [6.45, 7) is 0.951. The molecule has 1 atom stereocenters. The first-order valence-electron chi connectivity index (χ1n) is 5.67. The smallest absolute Gasteiger partial charge is 0.239 e. The lowest BCUT2D eigenvalue weighted by Crippen LogP contribution is -2.57. The number of amides is 2. The average molecular weight is 268 g/mol. The van der Waals surface area contributed by atoms with Crippen LogP contribution in [-0.2, 0) is 16.1 Å². The minimum atomic E-state index is -0.366. The maximum absolute atomic E-state index is 11.8. The summed E-state index contributed by atoms with van der Waals surface area (Å²) in [5.74, 6) is -0.207. The largest absolute Gasteiger partial charge is 0.353 e. The summed E-state index contributed by atoms with van der Waals surface area (Å²) < 4.78 is 0. The summed E-state index contributed by atoms with van der Waals surface area (Å²) in [4.78, 5) is 22.7. The fraction of sp³-hybridized carbons (Fsp3) is 0.333. The van der Waals surface area contributed by atoms with Gasteiger partial charge in [-0.1, -0.05) is 23.7 Å². The maximum Gasteiger partial charge on any atom is 0.239 e. The highest BCUT2D eigenvalue weighted by Crippen LogP contribution is 2.09.